The average Bonchev–Trinajstić information content (AvgIpc) is 3.31. The Kier molecular flexibility index (Phi) is 54.4. The van der Waals surface area contributed by atoms with Crippen molar-refractivity contribution in [2.45, 2.75) is 155 Å². The van der Waals surface area contributed by atoms with Gasteiger partial charge in [0.15, 0.2) is 0 Å². The first-order chi connectivity index (χ1) is 30.6. The zero-order chi connectivity index (χ0) is 49.0. The number of rotatable bonds is 14. The van der Waals surface area contributed by atoms with Crippen LogP contribution >= 0.6 is 0 Å². The molecule has 66 heavy (non-hydrogen) atoms. The number of hydrogen-bond acceptors (Lipinski definition) is 12. The largest absolute Gasteiger partial charge is 2.00 e. The number of carboxylic acids is 4. The molecule has 0 atom stereocenters. The van der Waals surface area contributed by atoms with E-state index in [0.29, 0.717) is 47.6 Å². The molecule has 0 bridgehead atoms. The van der Waals surface area contributed by atoms with Crippen molar-refractivity contribution in [3.8, 4) is 11.5 Å². The second-order valence-electron chi connectivity index (χ2n) is 14.3. The van der Waals surface area contributed by atoms with Crippen LogP contribution in [0.15, 0.2) is 85.0 Å². The molecule has 0 unspecified atom stereocenters. The molecule has 360 valence electrons. The minimum absolute atomic E-state index is 0. The summed E-state index contributed by atoms with van der Waals surface area (Å²) in [6.07, 6.45) is 24.6. The number of para-hydroxylation sites is 2. The quantitative estimate of drug-likeness (QED) is 0.0842. The molecule has 14 heteroatoms. The van der Waals surface area contributed by atoms with E-state index in [1.807, 2.05) is 24.3 Å². The summed E-state index contributed by atoms with van der Waals surface area (Å²) in [5.74, 6) is -5.45. The van der Waals surface area contributed by atoms with E-state index in [2.05, 4.69) is 55.4 Å². The summed E-state index contributed by atoms with van der Waals surface area (Å²) in [7, 11) is 0. The van der Waals surface area contributed by atoms with Gasteiger partial charge in [-0.1, -0.05) is 182 Å². The van der Waals surface area contributed by atoms with Gasteiger partial charge in [0.2, 0.25) is 0 Å². The smallest absolute Gasteiger partial charge is 0.545 e. The standard InChI is InChI=1S/2C16H18O4.C4H4O4.4C4H9.2Sn/c2*17-15(18)10-11-16(19)20-14-9-5-4-8-13(14)12-6-2-1-3-7-12;5-3(6)1-2-4(7)8;4*1-3-4-2;;/h2*4-5,8-12H,1-3,6-7H2,(H,17,18);1-2H,(H,5,6)(H,7,8);4*1,3-4H2,2H3;;/q;;;;;;;2*+2/p-4/b2*11-10-;2-1-;;;;;;. The Hall–Kier alpha value is -3.92. The van der Waals surface area contributed by atoms with E-state index in [1.54, 1.807) is 24.3 Å². The van der Waals surface area contributed by atoms with Gasteiger partial charge in [-0.25, -0.2) is 9.59 Å². The van der Waals surface area contributed by atoms with Crippen LogP contribution < -0.4 is 29.9 Å². The van der Waals surface area contributed by atoms with Crippen molar-refractivity contribution in [1.29, 1.82) is 0 Å². The molecule has 0 aliphatic heterocycles. The van der Waals surface area contributed by atoms with Crippen LogP contribution in [0.25, 0.3) is 0 Å². The molecule has 2 aromatic rings. The molecule has 2 fully saturated rings. The van der Waals surface area contributed by atoms with Crippen molar-refractivity contribution in [2.24, 2.45) is 0 Å². The van der Waals surface area contributed by atoms with E-state index in [4.69, 9.17) is 9.47 Å². The molecule has 0 N–H and O–H groups in total. The summed E-state index contributed by atoms with van der Waals surface area (Å²) in [4.78, 5) is 62.5. The van der Waals surface area contributed by atoms with Gasteiger partial charge in [0.25, 0.3) is 0 Å². The Balaban J connectivity index is -0.000000250. The first-order valence-corrected chi connectivity index (χ1v) is 22.3. The van der Waals surface area contributed by atoms with Gasteiger partial charge in [-0.05, 0) is 85.1 Å². The van der Waals surface area contributed by atoms with Crippen molar-refractivity contribution in [1.82, 2.24) is 0 Å². The Bertz CT molecular complexity index is 1510. The topological polar surface area (TPSA) is 213 Å². The zero-order valence-electron chi connectivity index (χ0n) is 39.7. The summed E-state index contributed by atoms with van der Waals surface area (Å²) >= 11 is 0. The van der Waals surface area contributed by atoms with Gasteiger partial charge in [0.05, 0.1) is 23.9 Å². The molecule has 0 aromatic heterocycles. The van der Waals surface area contributed by atoms with Crippen LogP contribution in [0.2, 0.25) is 0 Å². The van der Waals surface area contributed by atoms with Crippen LogP contribution in [0.4, 0.5) is 0 Å². The fraction of sp³-hybridized carbons (Fsp3) is 0.462. The van der Waals surface area contributed by atoms with Gasteiger partial charge < -0.3 is 49.1 Å². The van der Waals surface area contributed by atoms with Gasteiger partial charge in [-0.3, -0.25) is 0 Å². The van der Waals surface area contributed by atoms with Crippen molar-refractivity contribution in [2.75, 3.05) is 0 Å². The molecule has 0 spiro atoms. The SMILES string of the molecule is O=C([O-])/C=C\C(=O)Oc1ccccc1C1CCCCC1.O=C([O-])/C=C\C(=O)Oc1ccccc1C1CCCCC1.O=C([O-])/C=C\C(=O)[O-].[CH2]CCC.[CH2]CCC.[CH2]CCC.[CH2]CCC.[Sn+2].[Sn+2]. The van der Waals surface area contributed by atoms with Crippen LogP contribution in [0.3, 0.4) is 0 Å². The minimum Gasteiger partial charge on any atom is -0.545 e. The number of unbranched alkanes of at least 4 members (excludes halogenated alkanes) is 4. The average molecular weight is 1130 g/mol. The Morgan fingerprint density at radius 1 is 0.455 bits per heavy atom. The summed E-state index contributed by atoms with van der Waals surface area (Å²) < 4.78 is 10.5. The third-order valence-corrected chi connectivity index (χ3v) is 8.83. The van der Waals surface area contributed by atoms with Crippen molar-refractivity contribution in [3.63, 3.8) is 0 Å². The molecule has 2 aromatic carbocycles. The molecule has 4 rings (SSSR count). The zero-order valence-corrected chi connectivity index (χ0v) is 45.4. The Morgan fingerprint density at radius 3 is 0.909 bits per heavy atom. The van der Waals surface area contributed by atoms with Crippen LogP contribution in [-0.2, 0) is 28.8 Å². The van der Waals surface area contributed by atoms with E-state index in [1.165, 1.54) is 64.2 Å². The molecular formula is C52H72O12Sn2. The summed E-state index contributed by atoms with van der Waals surface area (Å²) in [6.45, 7) is 22.9. The number of carbonyl (C=O) groups is 6. The summed E-state index contributed by atoms with van der Waals surface area (Å²) in [6, 6.07) is 14.9. The van der Waals surface area contributed by atoms with Crippen molar-refractivity contribution in [3.05, 3.63) is 124 Å². The third-order valence-electron chi connectivity index (χ3n) is 8.83. The molecule has 2 saturated carbocycles. The van der Waals surface area contributed by atoms with Gasteiger partial charge in [0, 0.05) is 12.2 Å². The van der Waals surface area contributed by atoms with E-state index < -0.39 is 35.8 Å². The number of benzene rings is 2. The van der Waals surface area contributed by atoms with E-state index in [-0.39, 0.29) is 47.8 Å². The number of ether oxygens (including phenoxy) is 2. The summed E-state index contributed by atoms with van der Waals surface area (Å²) in [5, 5.41) is 39.4. The summed E-state index contributed by atoms with van der Waals surface area (Å²) in [5.41, 5.74) is 2.06. The minimum atomic E-state index is -1.55. The van der Waals surface area contributed by atoms with Gasteiger partial charge >= 0.3 is 59.8 Å². The Labute approximate surface area is 430 Å². The first kappa shape index (κ1) is 71.1. The normalized spacial score (nSPS) is 12.8. The number of carboxylic acid groups (broad SMARTS) is 4. The van der Waals surface area contributed by atoms with E-state index >= 15 is 0 Å². The van der Waals surface area contributed by atoms with Gasteiger partial charge in [0.1, 0.15) is 11.5 Å². The predicted octanol–water partition coefficient (Wildman–Crippen LogP) is 6.65. The molecule has 8 radical (unpaired) electrons. The van der Waals surface area contributed by atoms with Gasteiger partial charge in [-0.15, -0.1) is 0 Å². The maximum Gasteiger partial charge on any atom is 2.00 e. The monoisotopic (exact) mass is 1130 g/mol. The number of hydrogen-bond donors (Lipinski definition) is 0. The fourth-order valence-electron chi connectivity index (χ4n) is 5.34. The number of carbonyl (C=O) groups excluding carboxylic acids is 6. The van der Waals surface area contributed by atoms with Crippen LogP contribution in [-0.4, -0.2) is 83.6 Å². The third kappa shape index (κ3) is 43.9. The van der Waals surface area contributed by atoms with Crippen molar-refractivity contribution >= 4 is 83.6 Å². The van der Waals surface area contributed by atoms with Crippen LogP contribution in [0.1, 0.15) is 166 Å². The van der Waals surface area contributed by atoms with E-state index in [9.17, 15) is 49.2 Å². The molecule has 0 saturated heterocycles. The second-order valence-corrected chi connectivity index (χ2v) is 14.3. The maximum absolute atomic E-state index is 11.6. The van der Waals surface area contributed by atoms with Gasteiger partial charge in [-0.2, -0.15) is 0 Å². The molecule has 0 amide bonds. The van der Waals surface area contributed by atoms with E-state index in [0.717, 1.165) is 74.6 Å². The van der Waals surface area contributed by atoms with Crippen LogP contribution in [0, 0.1) is 27.7 Å². The molecule has 2 aliphatic rings. The molecule has 0 heterocycles. The first-order valence-electron chi connectivity index (χ1n) is 22.3. The molecule has 2 aliphatic carbocycles. The Morgan fingerprint density at radius 2 is 0.682 bits per heavy atom. The predicted molar refractivity (Wildman–Crippen MR) is 256 cm³/mol. The van der Waals surface area contributed by atoms with Crippen molar-refractivity contribution < 1.29 is 58.7 Å². The molecular weight excluding hydrogens is 1050 g/mol. The van der Waals surface area contributed by atoms with Crippen LogP contribution in [0.5, 0.6) is 11.5 Å². The maximum atomic E-state index is 11.6. The number of esters is 2. The fourth-order valence-corrected chi connectivity index (χ4v) is 5.34. The molecule has 12 nitrogen and oxygen atoms in total. The number of aliphatic carboxylic acids is 4. The second kappa shape index (κ2) is 50.5.